The van der Waals surface area contributed by atoms with Gasteiger partial charge in [-0.3, -0.25) is 48.1 Å². The van der Waals surface area contributed by atoms with Gasteiger partial charge in [0, 0.05) is 103 Å². The number of amides is 9. The van der Waals surface area contributed by atoms with Crippen molar-refractivity contribution in [2.45, 2.75) is 214 Å². The number of ether oxygens (including phenoxy) is 3. The standard InChI is InChI=1S/C66H108N8O14S/c1-17-43(10)60(53(86-14)36-56(79)73-32-22-24-49(73)61(87-15)44(11)50(75)33-39(2)3)71(12)63(82)48(40(4)5)35-52(77)59(42(8)9)72(13)66(85)88-38-45-26-28-47(29-27-45)69-62(81)46(23-21-30-68-65(67)84)34-51(76)58(41(6)7)70-55(78)25-19-18-20-31-74-57(80)37-54(89-16)64(74)83/h26-29,39-44,46,48-49,53-54,58-61H,17-25,30-38H2,1-16H3,(H,69,81)(H,70,78)(H3,67,68,84)/t43-,44-,46+,48-,49-,53+,54?,58-,59-,60-,61+/m0/s1. The molecule has 1 aromatic carbocycles. The Bertz CT molecular complexity index is 2530. The van der Waals surface area contributed by atoms with Crippen molar-refractivity contribution in [3.05, 3.63) is 29.8 Å². The molecule has 9 amide bonds. The van der Waals surface area contributed by atoms with E-state index in [-0.39, 0.29) is 139 Å². The summed E-state index contributed by atoms with van der Waals surface area (Å²) in [4.78, 5) is 154. The fourth-order valence-electron chi connectivity index (χ4n) is 12.4. The lowest BCUT2D eigenvalue weighted by molar-refractivity contribution is -0.149. The number of carbonyl (C=O) groups excluding carboxylic acids is 11. The van der Waals surface area contributed by atoms with Crippen molar-refractivity contribution in [2.75, 3.05) is 59.5 Å². The zero-order valence-electron chi connectivity index (χ0n) is 56.2. The minimum atomic E-state index is -0.946. The van der Waals surface area contributed by atoms with Gasteiger partial charge < -0.3 is 50.6 Å². The molecule has 0 aliphatic carbocycles. The molecule has 89 heavy (non-hydrogen) atoms. The largest absolute Gasteiger partial charge is 0.445 e. The van der Waals surface area contributed by atoms with Crippen LogP contribution in [0.5, 0.6) is 0 Å². The van der Waals surface area contributed by atoms with E-state index in [1.54, 1.807) is 63.4 Å². The average Bonchev–Trinajstić information content (AvgIpc) is 3.98. The number of rotatable bonds is 40. The zero-order chi connectivity index (χ0) is 67.0. The summed E-state index contributed by atoms with van der Waals surface area (Å²) < 4.78 is 17.8. The maximum Gasteiger partial charge on any atom is 0.410 e. The van der Waals surface area contributed by atoms with Gasteiger partial charge in [0.15, 0.2) is 11.6 Å². The van der Waals surface area contributed by atoms with Gasteiger partial charge in [0.25, 0.3) is 0 Å². The second-order valence-electron chi connectivity index (χ2n) is 25.9. The Balaban J connectivity index is 1.67. The predicted molar refractivity (Wildman–Crippen MR) is 344 cm³/mol. The smallest absolute Gasteiger partial charge is 0.410 e. The van der Waals surface area contributed by atoms with E-state index in [0.29, 0.717) is 69.3 Å². The van der Waals surface area contributed by atoms with E-state index in [4.69, 9.17) is 19.9 Å². The lowest BCUT2D eigenvalue weighted by Crippen LogP contribution is -2.54. The SMILES string of the molecule is CC[C@H](C)[C@@H]([C@@H](CC(=O)N1CCC[C@H]1[C@H](OC)[C@@H](C)C(=O)CC(C)C)OC)N(C)C(=O)[C@@H](CC(=O)[C@H](C(C)C)N(C)C(=O)OCc1ccc(NC(=O)[C@H](CCCNC(N)=O)CC(=O)[C@@H](NC(=O)CCCCCN2C(=O)CC(SC)C2=O)C(C)C)cc1)C(C)C. The third kappa shape index (κ3) is 23.4. The first-order chi connectivity index (χ1) is 41.9. The summed E-state index contributed by atoms with van der Waals surface area (Å²) in [6, 6.07) is 3.19. The molecule has 2 aliphatic rings. The van der Waals surface area contributed by atoms with Gasteiger partial charge in [0.1, 0.15) is 12.4 Å². The Hall–Kier alpha value is -5.94. The predicted octanol–water partition coefficient (Wildman–Crippen LogP) is 8.20. The maximum atomic E-state index is 14.8. The summed E-state index contributed by atoms with van der Waals surface area (Å²) in [6.45, 7) is 21.7. The van der Waals surface area contributed by atoms with E-state index in [9.17, 15) is 52.7 Å². The van der Waals surface area contributed by atoms with Crippen LogP contribution in [0.4, 0.5) is 15.3 Å². The number of hydrogen-bond donors (Lipinski definition) is 4. The quantitative estimate of drug-likeness (QED) is 0.0356. The fraction of sp³-hybridized carbons (Fsp3) is 0.742. The van der Waals surface area contributed by atoms with Crippen LogP contribution in [0.3, 0.4) is 0 Å². The van der Waals surface area contributed by atoms with Crippen molar-refractivity contribution >= 4 is 82.4 Å². The van der Waals surface area contributed by atoms with E-state index >= 15 is 0 Å². The van der Waals surface area contributed by atoms with Crippen LogP contribution in [0.2, 0.25) is 0 Å². The van der Waals surface area contributed by atoms with E-state index in [1.807, 2.05) is 67.2 Å². The molecule has 1 unspecified atom stereocenters. The van der Waals surface area contributed by atoms with Crippen LogP contribution in [-0.2, 0) is 64.0 Å². The highest BCUT2D eigenvalue weighted by Crippen LogP contribution is 2.33. The van der Waals surface area contributed by atoms with E-state index in [0.717, 1.165) is 6.42 Å². The number of nitrogens with two attached hydrogens (primary N) is 1. The number of benzene rings is 1. The second kappa shape index (κ2) is 38.0. The molecular formula is C66H108N8O14S. The van der Waals surface area contributed by atoms with Crippen LogP contribution in [0.15, 0.2) is 24.3 Å². The number of unbranched alkanes of at least 4 members (excludes halogenated alkanes) is 2. The van der Waals surface area contributed by atoms with E-state index < -0.39 is 66.1 Å². The van der Waals surface area contributed by atoms with Crippen LogP contribution < -0.4 is 21.7 Å². The molecule has 2 saturated heterocycles. The van der Waals surface area contributed by atoms with Gasteiger partial charge in [-0.05, 0) is 92.1 Å². The topological polar surface area (TPSA) is 291 Å². The van der Waals surface area contributed by atoms with Crippen molar-refractivity contribution in [1.82, 2.24) is 30.2 Å². The molecule has 2 heterocycles. The normalized spacial score (nSPS) is 18.2. The molecule has 11 atom stereocenters. The molecule has 23 heteroatoms. The van der Waals surface area contributed by atoms with Gasteiger partial charge in [0.05, 0.1) is 48.0 Å². The Morgan fingerprint density at radius 2 is 1.44 bits per heavy atom. The summed E-state index contributed by atoms with van der Waals surface area (Å²) in [6.07, 6.45) is 4.57. The van der Waals surface area contributed by atoms with Crippen molar-refractivity contribution in [1.29, 1.82) is 0 Å². The summed E-state index contributed by atoms with van der Waals surface area (Å²) in [5, 5.41) is 7.87. The highest BCUT2D eigenvalue weighted by molar-refractivity contribution is 8.00. The minimum absolute atomic E-state index is 0.00641. The number of likely N-dealkylation sites (tertiary alicyclic amines) is 2. The van der Waals surface area contributed by atoms with Crippen molar-refractivity contribution in [3.63, 3.8) is 0 Å². The first-order valence-corrected chi connectivity index (χ1v) is 33.4. The van der Waals surface area contributed by atoms with E-state index in [2.05, 4.69) is 16.0 Å². The van der Waals surface area contributed by atoms with Gasteiger partial charge in [-0.1, -0.05) is 101 Å². The summed E-state index contributed by atoms with van der Waals surface area (Å²) in [7, 11) is 6.31. The van der Waals surface area contributed by atoms with Gasteiger partial charge in [-0.25, -0.2) is 9.59 Å². The summed E-state index contributed by atoms with van der Waals surface area (Å²) in [5.41, 5.74) is 6.23. The number of imide groups is 1. The summed E-state index contributed by atoms with van der Waals surface area (Å²) in [5.74, 6) is -5.01. The molecule has 0 spiro atoms. The average molecular weight is 1270 g/mol. The van der Waals surface area contributed by atoms with Crippen LogP contribution in [0, 0.1) is 47.3 Å². The lowest BCUT2D eigenvalue weighted by Gasteiger charge is -2.41. The molecule has 0 aromatic heterocycles. The number of primary amides is 1. The molecule has 502 valence electrons. The number of likely N-dealkylation sites (N-methyl/N-ethyl adjacent to an activating group) is 2. The second-order valence-corrected chi connectivity index (χ2v) is 27.0. The van der Waals surface area contributed by atoms with Crippen LogP contribution in [-0.4, -0.2) is 180 Å². The molecule has 3 rings (SSSR count). The number of thioether (sulfide) groups is 1. The number of carbonyl (C=O) groups is 11. The van der Waals surface area contributed by atoms with Gasteiger partial charge in [0.2, 0.25) is 35.4 Å². The number of urea groups is 1. The van der Waals surface area contributed by atoms with E-state index in [1.165, 1.54) is 35.7 Å². The molecule has 22 nitrogen and oxygen atoms in total. The van der Waals surface area contributed by atoms with Crippen molar-refractivity contribution in [3.8, 4) is 0 Å². The molecule has 5 N–H and O–H groups in total. The van der Waals surface area contributed by atoms with Gasteiger partial charge >= 0.3 is 12.1 Å². The number of ketones is 3. The number of methoxy groups -OCH3 is 2. The third-order valence-electron chi connectivity index (χ3n) is 17.7. The molecule has 0 radical (unpaired) electrons. The maximum absolute atomic E-state index is 14.8. The Morgan fingerprint density at radius 3 is 1.99 bits per heavy atom. The molecular weight excluding hydrogens is 1160 g/mol. The minimum Gasteiger partial charge on any atom is -0.445 e. The van der Waals surface area contributed by atoms with Crippen LogP contribution >= 0.6 is 11.8 Å². The third-order valence-corrected chi connectivity index (χ3v) is 18.6. The van der Waals surface area contributed by atoms with Crippen molar-refractivity contribution < 1.29 is 67.0 Å². The number of Topliss-reactive ketones (excluding diaryl/α,β-unsaturated/α-hetero) is 3. The zero-order valence-corrected chi connectivity index (χ0v) is 57.0. The Morgan fingerprint density at radius 1 is 0.775 bits per heavy atom. The van der Waals surface area contributed by atoms with Gasteiger partial charge in [-0.2, -0.15) is 11.8 Å². The molecule has 0 bridgehead atoms. The van der Waals surface area contributed by atoms with Crippen LogP contribution in [0.25, 0.3) is 0 Å². The highest BCUT2D eigenvalue weighted by atomic mass is 32.2. The first kappa shape index (κ1) is 77.3. The lowest BCUT2D eigenvalue weighted by atomic mass is 9.83. The van der Waals surface area contributed by atoms with Crippen LogP contribution in [0.1, 0.15) is 172 Å². The molecule has 2 fully saturated rings. The molecule has 2 aliphatic heterocycles. The summed E-state index contributed by atoms with van der Waals surface area (Å²) >= 11 is 1.36. The molecule has 1 aromatic rings. The number of hydrogen-bond acceptors (Lipinski definition) is 15. The number of nitrogens with one attached hydrogen (secondary N) is 3. The number of nitrogens with zero attached hydrogens (tertiary/aromatic N) is 4. The van der Waals surface area contributed by atoms with Crippen molar-refractivity contribution in [2.24, 2.45) is 53.1 Å². The Kier molecular flexibility index (Phi) is 33.0. The highest BCUT2D eigenvalue weighted by Gasteiger charge is 2.44. The number of anilines is 1. The molecule has 0 saturated carbocycles. The monoisotopic (exact) mass is 1270 g/mol. The fourth-order valence-corrected chi connectivity index (χ4v) is 13.0. The first-order valence-electron chi connectivity index (χ1n) is 32.1. The Labute approximate surface area is 534 Å². The van der Waals surface area contributed by atoms with Gasteiger partial charge in [-0.15, -0.1) is 0 Å².